The van der Waals surface area contributed by atoms with E-state index in [1.807, 2.05) is 36.4 Å². The number of carbonyl (C=O) groups is 1. The fourth-order valence-electron chi connectivity index (χ4n) is 7.97. The van der Waals surface area contributed by atoms with Crippen molar-refractivity contribution in [2.75, 3.05) is 13.1 Å². The highest BCUT2D eigenvalue weighted by Gasteiger charge is 2.42. The molecule has 0 amide bonds. The first-order valence-electron chi connectivity index (χ1n) is 15.5. The predicted octanol–water partition coefficient (Wildman–Crippen LogP) is 8.47. The predicted molar refractivity (Wildman–Crippen MR) is 169 cm³/mol. The smallest absolute Gasteiger partial charge is 0.137 e. The van der Waals surface area contributed by atoms with Crippen molar-refractivity contribution >= 4 is 49.7 Å². The van der Waals surface area contributed by atoms with Crippen molar-refractivity contribution in [1.29, 1.82) is 0 Å². The first-order chi connectivity index (χ1) is 20.7. The summed E-state index contributed by atoms with van der Waals surface area (Å²) in [6.45, 7) is 1.81. The maximum absolute atomic E-state index is 14.5. The van der Waals surface area contributed by atoms with Gasteiger partial charge in [0, 0.05) is 34.4 Å². The Morgan fingerprint density at radius 3 is 1.48 bits per heavy atom. The fourth-order valence-corrected chi connectivity index (χ4v) is 7.97. The largest absolute Gasteiger partial charge is 0.456 e. The van der Waals surface area contributed by atoms with Crippen LogP contribution in [0, 0.1) is 0 Å². The van der Waals surface area contributed by atoms with Crippen LogP contribution in [0.4, 0.5) is 0 Å². The monoisotopic (exact) mass is 556 g/mol. The van der Waals surface area contributed by atoms with Gasteiger partial charge in [-0.2, -0.15) is 0 Å². The van der Waals surface area contributed by atoms with Crippen LogP contribution < -0.4 is 10.6 Å². The molecule has 2 aliphatic rings. The number of hydrogen-bond acceptors (Lipinski definition) is 5. The van der Waals surface area contributed by atoms with Crippen LogP contribution in [0.5, 0.6) is 0 Å². The average Bonchev–Trinajstić information content (AvgIpc) is 3.60. The minimum absolute atomic E-state index is 0.286. The van der Waals surface area contributed by atoms with Crippen LogP contribution in [0.2, 0.25) is 0 Å². The number of para-hydroxylation sites is 2. The molecule has 5 nitrogen and oxygen atoms in total. The summed E-state index contributed by atoms with van der Waals surface area (Å²) in [7, 11) is 0. The number of Topliss-reactive ketones (excluding diaryl/α,β-unsaturated/α-hetero) is 1. The summed E-state index contributed by atoms with van der Waals surface area (Å²) in [4.78, 5) is 14.5. The number of piperidine rings is 2. The maximum atomic E-state index is 14.5. The molecule has 2 fully saturated rings. The van der Waals surface area contributed by atoms with E-state index in [9.17, 15) is 4.79 Å². The van der Waals surface area contributed by atoms with E-state index in [0.717, 1.165) is 95.5 Å². The Kier molecular flexibility index (Phi) is 6.20. The normalized spacial score (nSPS) is 23.2. The third-order valence-corrected chi connectivity index (χ3v) is 9.82. The van der Waals surface area contributed by atoms with E-state index in [4.69, 9.17) is 8.83 Å². The molecule has 2 unspecified atom stereocenters. The molecule has 2 aromatic heterocycles. The molecule has 0 saturated carbocycles. The van der Waals surface area contributed by atoms with Gasteiger partial charge >= 0.3 is 0 Å². The second kappa shape index (κ2) is 10.1. The quantitative estimate of drug-likeness (QED) is 0.215. The maximum Gasteiger partial charge on any atom is 0.137 e. The molecule has 4 aromatic carbocycles. The number of carbonyl (C=O) groups excluding carboxylic acids is 1. The second-order valence-corrected chi connectivity index (χ2v) is 12.4. The van der Waals surface area contributed by atoms with Crippen LogP contribution >= 0.6 is 0 Å². The van der Waals surface area contributed by atoms with Gasteiger partial charge in [-0.05, 0) is 87.0 Å². The topological polar surface area (TPSA) is 67.4 Å². The lowest BCUT2D eigenvalue weighted by Crippen LogP contribution is -2.50. The highest BCUT2D eigenvalue weighted by molar-refractivity contribution is 6.08. The molecule has 2 atom stereocenters. The SMILES string of the molecule is O=C(CC1(c2cccc3oc4ccccc4c23)CCCCN1)CC1(c2cccc3oc4ccccc4c23)CCCCN1. The van der Waals surface area contributed by atoms with Crippen LogP contribution in [-0.4, -0.2) is 18.9 Å². The van der Waals surface area contributed by atoms with Crippen molar-refractivity contribution in [2.45, 2.75) is 62.4 Å². The third-order valence-electron chi connectivity index (χ3n) is 9.82. The van der Waals surface area contributed by atoms with Crippen LogP contribution in [0.1, 0.15) is 62.5 Å². The Morgan fingerprint density at radius 1 is 0.571 bits per heavy atom. The van der Waals surface area contributed by atoms with Gasteiger partial charge in [0.15, 0.2) is 0 Å². The Bertz CT molecular complexity index is 1800. The van der Waals surface area contributed by atoms with Crippen molar-refractivity contribution in [2.24, 2.45) is 0 Å². The van der Waals surface area contributed by atoms with Crippen molar-refractivity contribution < 1.29 is 13.6 Å². The molecule has 212 valence electrons. The lowest BCUT2D eigenvalue weighted by molar-refractivity contribution is -0.122. The molecule has 0 aliphatic carbocycles. The van der Waals surface area contributed by atoms with E-state index in [0.29, 0.717) is 12.8 Å². The fraction of sp³-hybridized carbons (Fsp3) is 0.324. The van der Waals surface area contributed by atoms with Crippen LogP contribution in [-0.2, 0) is 15.9 Å². The number of rotatable bonds is 6. The number of ketones is 1. The molecule has 42 heavy (non-hydrogen) atoms. The van der Waals surface area contributed by atoms with Gasteiger partial charge in [0.05, 0.1) is 11.1 Å². The summed E-state index contributed by atoms with van der Waals surface area (Å²) in [5, 5.41) is 12.2. The highest BCUT2D eigenvalue weighted by Crippen LogP contribution is 2.45. The zero-order chi connectivity index (χ0) is 28.1. The Labute approximate surface area is 245 Å². The highest BCUT2D eigenvalue weighted by atomic mass is 16.3. The average molecular weight is 557 g/mol. The number of benzene rings is 4. The molecule has 0 bridgehead atoms. The molecule has 0 radical (unpaired) electrons. The lowest BCUT2D eigenvalue weighted by atomic mass is 9.72. The molecule has 0 spiro atoms. The minimum atomic E-state index is -0.425. The zero-order valence-electron chi connectivity index (χ0n) is 23.9. The summed E-state index contributed by atoms with van der Waals surface area (Å²) in [5.74, 6) is 0.286. The number of furan rings is 2. The lowest BCUT2D eigenvalue weighted by Gasteiger charge is -2.42. The third kappa shape index (κ3) is 4.10. The molecule has 5 heteroatoms. The first-order valence-corrected chi connectivity index (χ1v) is 15.5. The van der Waals surface area contributed by atoms with Gasteiger partial charge < -0.3 is 19.5 Å². The van der Waals surface area contributed by atoms with Gasteiger partial charge in [0.25, 0.3) is 0 Å². The summed E-state index contributed by atoms with van der Waals surface area (Å²) in [5.41, 5.74) is 5.08. The van der Waals surface area contributed by atoms with Crippen LogP contribution in [0.25, 0.3) is 43.9 Å². The molecule has 6 aromatic rings. The van der Waals surface area contributed by atoms with Crippen molar-refractivity contribution in [3.8, 4) is 0 Å². The van der Waals surface area contributed by atoms with Crippen molar-refractivity contribution in [3.05, 3.63) is 96.1 Å². The summed E-state index contributed by atoms with van der Waals surface area (Å²) >= 11 is 0. The molecule has 2 N–H and O–H groups in total. The zero-order valence-corrected chi connectivity index (χ0v) is 23.9. The summed E-state index contributed by atoms with van der Waals surface area (Å²) in [6, 6.07) is 29.2. The molecular formula is C37H36N2O3. The van der Waals surface area contributed by atoms with Crippen molar-refractivity contribution in [3.63, 3.8) is 0 Å². The van der Waals surface area contributed by atoms with Crippen molar-refractivity contribution in [1.82, 2.24) is 10.6 Å². The molecule has 4 heterocycles. The van der Waals surface area contributed by atoms with Gasteiger partial charge in [-0.3, -0.25) is 4.79 Å². The van der Waals surface area contributed by atoms with Gasteiger partial charge in [0.1, 0.15) is 28.1 Å². The Balaban J connectivity index is 1.21. The number of fused-ring (bicyclic) bond motifs is 6. The van der Waals surface area contributed by atoms with Gasteiger partial charge in [-0.25, -0.2) is 0 Å². The van der Waals surface area contributed by atoms with Gasteiger partial charge in [-0.15, -0.1) is 0 Å². The number of hydrogen-bond donors (Lipinski definition) is 2. The van der Waals surface area contributed by atoms with E-state index in [1.54, 1.807) is 0 Å². The molecule has 2 saturated heterocycles. The molecule has 8 rings (SSSR count). The molecular weight excluding hydrogens is 520 g/mol. The Morgan fingerprint density at radius 2 is 1.02 bits per heavy atom. The van der Waals surface area contributed by atoms with E-state index >= 15 is 0 Å². The summed E-state index contributed by atoms with van der Waals surface area (Å²) in [6.07, 6.45) is 7.21. The van der Waals surface area contributed by atoms with Gasteiger partial charge in [0.2, 0.25) is 0 Å². The second-order valence-electron chi connectivity index (χ2n) is 12.4. The van der Waals surface area contributed by atoms with E-state index in [1.165, 1.54) is 11.1 Å². The van der Waals surface area contributed by atoms with E-state index < -0.39 is 11.1 Å². The Hall–Kier alpha value is -3.93. The van der Waals surface area contributed by atoms with Crippen LogP contribution in [0.3, 0.4) is 0 Å². The van der Waals surface area contributed by atoms with E-state index in [2.05, 4.69) is 59.2 Å². The molecule has 2 aliphatic heterocycles. The number of nitrogens with one attached hydrogen (secondary N) is 2. The standard InChI is InChI=1S/C37H36N2O3/c40-25(23-36(19-5-7-21-38-36)28-13-9-17-32-34(28)26-11-1-3-15-30(26)41-32)24-37(20-6-8-22-39-37)29-14-10-18-33-35(29)27-12-2-4-16-31(27)42-33/h1-4,9-18,38-39H,5-8,19-24H2. The first kappa shape index (κ1) is 25.8. The summed E-state index contributed by atoms with van der Waals surface area (Å²) < 4.78 is 12.5. The van der Waals surface area contributed by atoms with Gasteiger partial charge in [-0.1, -0.05) is 60.7 Å². The van der Waals surface area contributed by atoms with E-state index in [-0.39, 0.29) is 5.78 Å². The van der Waals surface area contributed by atoms with Crippen LogP contribution in [0.15, 0.2) is 93.8 Å². The minimum Gasteiger partial charge on any atom is -0.456 e.